The van der Waals surface area contributed by atoms with Crippen LogP contribution in [0.3, 0.4) is 0 Å². The predicted molar refractivity (Wildman–Crippen MR) is 65.8 cm³/mol. The first-order chi connectivity index (χ1) is 9.43. The number of aromatic nitrogens is 2. The molecule has 0 saturated carbocycles. The highest BCUT2D eigenvalue weighted by atomic mass is 16.6. The van der Waals surface area contributed by atoms with E-state index >= 15 is 0 Å². The molecule has 10 nitrogen and oxygen atoms in total. The van der Waals surface area contributed by atoms with Gasteiger partial charge in [-0.15, -0.1) is 0 Å². The number of hydrogen-bond acceptors (Lipinski definition) is 6. The number of aliphatic hydroxyl groups excluding tert-OH is 2. The van der Waals surface area contributed by atoms with Crippen LogP contribution in [0.5, 0.6) is 0 Å². The lowest BCUT2D eigenvalue weighted by Gasteiger charge is -2.25. The Morgan fingerprint density at radius 2 is 2.40 bits per heavy atom. The number of aliphatic hydroxyl groups is 2. The minimum Gasteiger partial charge on any atom is -0.394 e. The molecule has 0 bridgehead atoms. The highest BCUT2D eigenvalue weighted by Crippen LogP contribution is 2.35. The molecule has 108 valence electrons. The summed E-state index contributed by atoms with van der Waals surface area (Å²) in [6.07, 6.45) is -1.13. The lowest BCUT2D eigenvalue weighted by molar-refractivity contribution is -0.115. The summed E-state index contributed by atoms with van der Waals surface area (Å²) in [7, 11) is 0. The van der Waals surface area contributed by atoms with Gasteiger partial charge in [-0.1, -0.05) is 0 Å². The van der Waals surface area contributed by atoms with E-state index in [2.05, 4.69) is 15.0 Å². The van der Waals surface area contributed by atoms with Gasteiger partial charge in [0.2, 0.25) is 5.85 Å². The first-order valence-electron chi connectivity index (χ1n) is 5.79. The van der Waals surface area contributed by atoms with Crippen molar-refractivity contribution in [2.75, 3.05) is 6.61 Å². The van der Waals surface area contributed by atoms with Gasteiger partial charge in [-0.2, -0.15) is 0 Å². The van der Waals surface area contributed by atoms with Gasteiger partial charge in [-0.25, -0.2) is 4.79 Å². The Morgan fingerprint density at radius 1 is 1.70 bits per heavy atom. The summed E-state index contributed by atoms with van der Waals surface area (Å²) >= 11 is 0. The molecule has 20 heavy (non-hydrogen) atoms. The number of nitrogens with zero attached hydrogens (tertiary/aromatic N) is 4. The van der Waals surface area contributed by atoms with Crippen LogP contribution in [0.25, 0.3) is 10.4 Å². The van der Waals surface area contributed by atoms with Crippen LogP contribution in [-0.2, 0) is 10.6 Å². The van der Waals surface area contributed by atoms with Gasteiger partial charge in [-0.05, 0) is 17.6 Å². The van der Waals surface area contributed by atoms with Gasteiger partial charge in [0, 0.05) is 23.1 Å². The fourth-order valence-corrected chi connectivity index (χ4v) is 2.10. The fraction of sp³-hybridized carbons (Fsp3) is 0.600. The van der Waals surface area contributed by atoms with E-state index in [9.17, 15) is 14.7 Å². The van der Waals surface area contributed by atoms with Crippen LogP contribution in [-0.4, -0.2) is 38.6 Å². The van der Waals surface area contributed by atoms with Crippen LogP contribution in [0.1, 0.15) is 12.0 Å². The molecule has 1 aromatic rings. The molecule has 1 aliphatic heterocycles. The third kappa shape index (κ3) is 2.21. The van der Waals surface area contributed by atoms with Gasteiger partial charge >= 0.3 is 5.69 Å². The molecule has 1 aromatic heterocycles. The molecule has 10 heteroatoms. The van der Waals surface area contributed by atoms with Crippen LogP contribution in [0.4, 0.5) is 0 Å². The molecule has 3 atom stereocenters. The van der Waals surface area contributed by atoms with Crippen LogP contribution in [0.2, 0.25) is 0 Å². The minimum atomic E-state index is -1.81. The third-order valence-electron chi connectivity index (χ3n) is 3.12. The lowest BCUT2D eigenvalue weighted by atomic mass is 10.1. The van der Waals surface area contributed by atoms with Crippen LogP contribution < -0.4 is 11.2 Å². The van der Waals surface area contributed by atoms with Crippen LogP contribution in [0, 0.1) is 6.92 Å². The van der Waals surface area contributed by atoms with E-state index in [0.29, 0.717) is 0 Å². The van der Waals surface area contributed by atoms with E-state index in [1.165, 1.54) is 13.1 Å². The molecule has 3 N–H and O–H groups in total. The zero-order valence-corrected chi connectivity index (χ0v) is 10.6. The predicted octanol–water partition coefficient (Wildman–Crippen LogP) is -1.09. The second-order valence-corrected chi connectivity index (χ2v) is 4.48. The smallest absolute Gasteiger partial charge is 0.330 e. The molecule has 0 aromatic carbocycles. The molecule has 1 unspecified atom stereocenters. The van der Waals surface area contributed by atoms with Gasteiger partial charge < -0.3 is 14.9 Å². The number of ether oxygens (including phenoxy) is 1. The molecule has 2 heterocycles. The number of rotatable bonds is 3. The van der Waals surface area contributed by atoms with E-state index in [4.69, 9.17) is 15.4 Å². The monoisotopic (exact) mass is 283 g/mol. The van der Waals surface area contributed by atoms with Crippen molar-refractivity contribution in [2.45, 2.75) is 31.4 Å². The zero-order valence-electron chi connectivity index (χ0n) is 10.6. The van der Waals surface area contributed by atoms with E-state index < -0.39 is 35.9 Å². The van der Waals surface area contributed by atoms with E-state index in [-0.39, 0.29) is 12.0 Å². The maximum Gasteiger partial charge on any atom is 0.330 e. The Labute approximate surface area is 111 Å². The summed E-state index contributed by atoms with van der Waals surface area (Å²) in [4.78, 5) is 27.9. The van der Waals surface area contributed by atoms with Crippen molar-refractivity contribution < 1.29 is 14.9 Å². The van der Waals surface area contributed by atoms with E-state index in [0.717, 1.165) is 4.57 Å². The molecular weight excluding hydrogens is 270 g/mol. The molecule has 1 aliphatic rings. The number of hydrogen-bond donors (Lipinski definition) is 3. The first-order valence-corrected chi connectivity index (χ1v) is 5.79. The van der Waals surface area contributed by atoms with Gasteiger partial charge in [0.25, 0.3) is 5.56 Å². The molecule has 2 rings (SSSR count). The Kier molecular flexibility index (Phi) is 3.64. The van der Waals surface area contributed by atoms with E-state index in [1.54, 1.807) is 0 Å². The molecular formula is C10H13N5O5. The first kappa shape index (κ1) is 14.3. The van der Waals surface area contributed by atoms with Gasteiger partial charge in [0.15, 0.2) is 0 Å². The largest absolute Gasteiger partial charge is 0.394 e. The van der Waals surface area contributed by atoms with Crippen molar-refractivity contribution >= 4 is 0 Å². The highest BCUT2D eigenvalue weighted by molar-refractivity contribution is 5.04. The molecule has 0 radical (unpaired) electrons. The second kappa shape index (κ2) is 5.10. The second-order valence-electron chi connectivity index (χ2n) is 4.48. The number of aromatic amines is 1. The number of aryl methyl sites for hydroxylation is 1. The normalized spacial score (nSPS) is 29.1. The lowest BCUT2D eigenvalue weighted by Crippen LogP contribution is -2.43. The Morgan fingerprint density at radius 3 is 2.95 bits per heavy atom. The Bertz CT molecular complexity index is 675. The summed E-state index contributed by atoms with van der Waals surface area (Å²) < 4.78 is 6.24. The standard InChI is InChI=1S/C10H13N5O5/c1-5-3-15(9(19)12-8(5)18)10(13-14-11)2-6(17)7(4-16)20-10/h3,6-7,16-17H,2,4H2,1H3,(H,12,18,19)/t6?,7-,10+/m1/s1. The fourth-order valence-electron chi connectivity index (χ4n) is 2.10. The topological polar surface area (TPSA) is 153 Å². The zero-order chi connectivity index (χ0) is 14.9. The summed E-state index contributed by atoms with van der Waals surface area (Å²) in [5.74, 6) is -1.81. The van der Waals surface area contributed by atoms with Crippen molar-refractivity contribution in [2.24, 2.45) is 5.11 Å². The summed E-state index contributed by atoms with van der Waals surface area (Å²) in [5, 5.41) is 22.3. The van der Waals surface area contributed by atoms with Gasteiger partial charge in [-0.3, -0.25) is 14.3 Å². The maximum atomic E-state index is 11.9. The number of H-pyrrole nitrogens is 1. The summed E-state index contributed by atoms with van der Waals surface area (Å²) in [6, 6.07) is 0. The number of azide groups is 1. The minimum absolute atomic E-state index is 0.211. The highest BCUT2D eigenvalue weighted by Gasteiger charge is 2.47. The average Bonchev–Trinajstić information content (AvgIpc) is 2.71. The quantitative estimate of drug-likeness (QED) is 0.365. The molecule has 0 aliphatic carbocycles. The average molecular weight is 283 g/mol. The Balaban J connectivity index is 2.62. The maximum absolute atomic E-state index is 11.9. The molecule has 0 spiro atoms. The van der Waals surface area contributed by atoms with E-state index in [1.807, 2.05) is 0 Å². The number of nitrogens with one attached hydrogen (secondary N) is 1. The van der Waals surface area contributed by atoms with Crippen molar-refractivity contribution in [1.82, 2.24) is 9.55 Å². The third-order valence-corrected chi connectivity index (χ3v) is 3.12. The van der Waals surface area contributed by atoms with Crippen molar-refractivity contribution in [3.63, 3.8) is 0 Å². The van der Waals surface area contributed by atoms with Crippen LogP contribution in [0.15, 0.2) is 20.9 Å². The van der Waals surface area contributed by atoms with Crippen LogP contribution >= 0.6 is 0 Å². The Hall–Kier alpha value is -2.13. The van der Waals surface area contributed by atoms with Crippen molar-refractivity contribution in [3.05, 3.63) is 43.0 Å². The van der Waals surface area contributed by atoms with Crippen molar-refractivity contribution in [1.29, 1.82) is 0 Å². The SMILES string of the molecule is Cc1cn([C@@]2(N=[N+]=[N-])CC(O)[C@@H](CO)O2)c(=O)[nH]c1=O. The van der Waals surface area contributed by atoms with Gasteiger partial charge in [0.05, 0.1) is 12.7 Å². The van der Waals surface area contributed by atoms with Crippen molar-refractivity contribution in [3.8, 4) is 0 Å². The summed E-state index contributed by atoms with van der Waals surface area (Å²) in [6.45, 7) is 0.967. The van der Waals surface area contributed by atoms with Gasteiger partial charge in [0.1, 0.15) is 6.10 Å². The molecule has 1 fully saturated rings. The molecule has 0 amide bonds. The summed E-state index contributed by atoms with van der Waals surface area (Å²) in [5.41, 5.74) is 7.47. The molecule has 1 saturated heterocycles.